The Kier molecular flexibility index (Phi) is 5.57. The van der Waals surface area contributed by atoms with E-state index < -0.39 is 0 Å². The van der Waals surface area contributed by atoms with Crippen LogP contribution in [0.2, 0.25) is 5.02 Å². The van der Waals surface area contributed by atoms with E-state index in [0.29, 0.717) is 0 Å². The van der Waals surface area contributed by atoms with Crippen molar-refractivity contribution in [2.75, 3.05) is 0 Å². The van der Waals surface area contributed by atoms with Gasteiger partial charge in [-0.1, -0.05) is 157 Å². The summed E-state index contributed by atoms with van der Waals surface area (Å²) >= 11 is 6.56. The van der Waals surface area contributed by atoms with Gasteiger partial charge in [0.05, 0.1) is 5.41 Å². The van der Waals surface area contributed by atoms with Crippen LogP contribution >= 0.6 is 11.6 Å². The summed E-state index contributed by atoms with van der Waals surface area (Å²) in [6, 6.07) is 59.6. The third-order valence-corrected chi connectivity index (χ3v) is 9.81. The van der Waals surface area contributed by atoms with Crippen molar-refractivity contribution in [2.24, 2.45) is 0 Å². The maximum Gasteiger partial charge on any atom is 0.0725 e. The molecule has 1 heteroatoms. The van der Waals surface area contributed by atoms with Gasteiger partial charge >= 0.3 is 0 Å². The molecule has 0 nitrogen and oxygen atoms in total. The molecule has 0 unspecified atom stereocenters. The molecule has 0 atom stereocenters. The van der Waals surface area contributed by atoms with E-state index in [-0.39, 0.29) is 5.41 Å². The Morgan fingerprint density at radius 2 is 0.864 bits per heavy atom. The number of fused-ring (bicyclic) bond motifs is 10. The summed E-state index contributed by atoms with van der Waals surface area (Å²) in [4.78, 5) is 0. The molecule has 0 radical (unpaired) electrons. The second-order valence-corrected chi connectivity index (χ2v) is 12.2. The molecule has 44 heavy (non-hydrogen) atoms. The van der Waals surface area contributed by atoms with Crippen LogP contribution in [0.25, 0.3) is 55.6 Å². The number of halogens is 1. The summed E-state index contributed by atoms with van der Waals surface area (Å²) in [6.45, 7) is 0. The lowest BCUT2D eigenvalue weighted by Crippen LogP contribution is -2.25. The predicted molar refractivity (Wildman–Crippen MR) is 184 cm³/mol. The Hall–Kier alpha value is -5.17. The van der Waals surface area contributed by atoms with Crippen LogP contribution in [0.5, 0.6) is 0 Å². The average molecular weight is 579 g/mol. The minimum absolute atomic E-state index is 0.373. The fourth-order valence-electron chi connectivity index (χ4n) is 7.85. The minimum Gasteiger partial charge on any atom is -0.0843 e. The first-order valence-electron chi connectivity index (χ1n) is 15.1. The van der Waals surface area contributed by atoms with Crippen molar-refractivity contribution in [3.8, 4) is 55.6 Å². The van der Waals surface area contributed by atoms with E-state index in [1.807, 2.05) is 12.1 Å². The van der Waals surface area contributed by atoms with E-state index in [2.05, 4.69) is 152 Å². The molecule has 0 aromatic heterocycles. The smallest absolute Gasteiger partial charge is 0.0725 e. The monoisotopic (exact) mass is 578 g/mol. The van der Waals surface area contributed by atoms with E-state index in [1.54, 1.807) is 0 Å². The number of benzene rings is 7. The normalized spacial score (nSPS) is 13.3. The maximum atomic E-state index is 6.56. The zero-order valence-electron chi connectivity index (χ0n) is 24.0. The molecular formula is C43H27Cl. The van der Waals surface area contributed by atoms with Gasteiger partial charge in [0.15, 0.2) is 0 Å². The first-order valence-corrected chi connectivity index (χ1v) is 15.5. The minimum atomic E-state index is -0.373. The quantitative estimate of drug-likeness (QED) is 0.195. The standard InChI is InChI=1S/C43H27Cl/c44-31-15-10-14-30(26-31)32-25-24-29(28-12-2-1-3-13-28)27-37(32)35-19-11-23-41-42(35)36-18-6-9-22-40(36)43(41)38-20-7-4-16-33(38)34-17-5-8-21-39(34)43/h1-27H. The van der Waals surface area contributed by atoms with Crippen LogP contribution in [0.1, 0.15) is 22.3 Å². The summed E-state index contributed by atoms with van der Waals surface area (Å²) in [6.07, 6.45) is 0. The Morgan fingerprint density at radius 1 is 0.318 bits per heavy atom. The molecule has 206 valence electrons. The van der Waals surface area contributed by atoms with Crippen LogP contribution in [0.15, 0.2) is 164 Å². The van der Waals surface area contributed by atoms with Crippen molar-refractivity contribution in [1.29, 1.82) is 0 Å². The topological polar surface area (TPSA) is 0 Å². The first kappa shape index (κ1) is 25.3. The summed E-state index contributed by atoms with van der Waals surface area (Å²) in [5.74, 6) is 0. The van der Waals surface area contributed by atoms with Gasteiger partial charge in [-0.3, -0.25) is 0 Å². The third-order valence-electron chi connectivity index (χ3n) is 9.57. The van der Waals surface area contributed by atoms with Gasteiger partial charge in [0, 0.05) is 5.02 Å². The molecule has 0 fully saturated rings. The van der Waals surface area contributed by atoms with Crippen molar-refractivity contribution in [3.05, 3.63) is 191 Å². The van der Waals surface area contributed by atoms with Crippen LogP contribution < -0.4 is 0 Å². The van der Waals surface area contributed by atoms with Crippen LogP contribution in [-0.4, -0.2) is 0 Å². The van der Waals surface area contributed by atoms with Crippen molar-refractivity contribution >= 4 is 11.6 Å². The largest absolute Gasteiger partial charge is 0.0843 e. The van der Waals surface area contributed by atoms with Gasteiger partial charge < -0.3 is 0 Å². The van der Waals surface area contributed by atoms with Gasteiger partial charge in [0.1, 0.15) is 0 Å². The molecule has 0 heterocycles. The molecule has 0 N–H and O–H groups in total. The fourth-order valence-corrected chi connectivity index (χ4v) is 8.04. The summed E-state index contributed by atoms with van der Waals surface area (Å²) in [5, 5.41) is 0.738. The fraction of sp³-hybridized carbons (Fsp3) is 0.0233. The van der Waals surface area contributed by atoms with E-state index in [4.69, 9.17) is 11.6 Å². The van der Waals surface area contributed by atoms with Gasteiger partial charge in [-0.15, -0.1) is 0 Å². The highest BCUT2D eigenvalue weighted by Crippen LogP contribution is 2.64. The molecule has 0 bridgehead atoms. The van der Waals surface area contributed by atoms with E-state index in [1.165, 1.54) is 72.3 Å². The van der Waals surface area contributed by atoms with Gasteiger partial charge in [-0.25, -0.2) is 0 Å². The van der Waals surface area contributed by atoms with Crippen molar-refractivity contribution < 1.29 is 0 Å². The van der Waals surface area contributed by atoms with Gasteiger partial charge in [-0.05, 0) is 96.1 Å². The molecule has 2 aliphatic rings. The third kappa shape index (κ3) is 3.46. The van der Waals surface area contributed by atoms with Gasteiger partial charge in [-0.2, -0.15) is 0 Å². The van der Waals surface area contributed by atoms with Crippen LogP contribution in [0.4, 0.5) is 0 Å². The second kappa shape index (κ2) is 9.67. The van der Waals surface area contributed by atoms with E-state index in [9.17, 15) is 0 Å². The molecule has 0 saturated carbocycles. The van der Waals surface area contributed by atoms with Crippen molar-refractivity contribution in [1.82, 2.24) is 0 Å². The highest BCUT2D eigenvalue weighted by Gasteiger charge is 2.51. The Balaban J connectivity index is 1.39. The van der Waals surface area contributed by atoms with E-state index >= 15 is 0 Å². The zero-order valence-corrected chi connectivity index (χ0v) is 24.7. The lowest BCUT2D eigenvalue weighted by atomic mass is 9.70. The van der Waals surface area contributed by atoms with Crippen LogP contribution in [0.3, 0.4) is 0 Å². The Labute approximate surface area is 262 Å². The van der Waals surface area contributed by atoms with Crippen LogP contribution in [0, 0.1) is 0 Å². The van der Waals surface area contributed by atoms with E-state index in [0.717, 1.165) is 10.6 Å². The average Bonchev–Trinajstić information content (AvgIpc) is 3.56. The van der Waals surface area contributed by atoms with Crippen LogP contribution in [-0.2, 0) is 5.41 Å². The zero-order chi connectivity index (χ0) is 29.3. The Morgan fingerprint density at radius 3 is 1.57 bits per heavy atom. The number of hydrogen-bond acceptors (Lipinski definition) is 0. The predicted octanol–water partition coefficient (Wildman–Crippen LogP) is 11.7. The molecule has 7 aromatic carbocycles. The highest BCUT2D eigenvalue weighted by atomic mass is 35.5. The molecule has 0 amide bonds. The number of hydrogen-bond donors (Lipinski definition) is 0. The molecular weight excluding hydrogens is 552 g/mol. The molecule has 0 saturated heterocycles. The number of rotatable bonds is 3. The SMILES string of the molecule is Clc1cccc(-c2ccc(-c3ccccc3)cc2-c2cccc3c2-c2ccccc2C32c3ccccc3-c3ccccc32)c1. The summed E-state index contributed by atoms with van der Waals surface area (Å²) in [7, 11) is 0. The first-order chi connectivity index (χ1) is 21.7. The summed E-state index contributed by atoms with van der Waals surface area (Å²) in [5.41, 5.74) is 17.4. The van der Waals surface area contributed by atoms with Crippen molar-refractivity contribution in [3.63, 3.8) is 0 Å². The molecule has 0 aliphatic heterocycles. The Bertz CT molecular complexity index is 2200. The summed E-state index contributed by atoms with van der Waals surface area (Å²) < 4.78 is 0. The lowest BCUT2D eigenvalue weighted by Gasteiger charge is -2.30. The highest BCUT2D eigenvalue weighted by molar-refractivity contribution is 6.30. The lowest BCUT2D eigenvalue weighted by molar-refractivity contribution is 0.794. The molecule has 9 rings (SSSR count). The molecule has 7 aromatic rings. The van der Waals surface area contributed by atoms with Gasteiger partial charge in [0.2, 0.25) is 0 Å². The van der Waals surface area contributed by atoms with Gasteiger partial charge in [0.25, 0.3) is 0 Å². The maximum absolute atomic E-state index is 6.56. The second-order valence-electron chi connectivity index (χ2n) is 11.8. The van der Waals surface area contributed by atoms with Crippen molar-refractivity contribution in [2.45, 2.75) is 5.41 Å². The molecule has 2 aliphatic carbocycles. The molecule has 1 spiro atoms.